The van der Waals surface area contributed by atoms with Crippen LogP contribution in [-0.2, 0) is 6.54 Å². The number of aliphatic hydroxyl groups excluding tert-OH is 1. The highest BCUT2D eigenvalue weighted by Gasteiger charge is 2.11. The van der Waals surface area contributed by atoms with E-state index in [0.717, 1.165) is 11.1 Å². The molecule has 0 aliphatic carbocycles. The quantitative estimate of drug-likeness (QED) is 0.766. The monoisotopic (exact) mass is 304 g/mol. The van der Waals surface area contributed by atoms with Gasteiger partial charge in [-0.1, -0.05) is 48.0 Å². The first-order valence-corrected chi connectivity index (χ1v) is 6.97. The molecule has 0 aliphatic heterocycles. The lowest BCUT2D eigenvalue weighted by atomic mass is 10.1. The van der Waals surface area contributed by atoms with Crippen LogP contribution < -0.4 is 11.1 Å². The van der Waals surface area contributed by atoms with Crippen molar-refractivity contribution in [2.45, 2.75) is 12.6 Å². The summed E-state index contributed by atoms with van der Waals surface area (Å²) in [6, 6.07) is 14.5. The predicted octanol–water partition coefficient (Wildman–Crippen LogP) is 2.26. The van der Waals surface area contributed by atoms with Crippen LogP contribution in [0.1, 0.15) is 27.5 Å². The summed E-state index contributed by atoms with van der Waals surface area (Å²) in [7, 11) is 0. The number of rotatable bonds is 6. The van der Waals surface area contributed by atoms with Gasteiger partial charge in [-0.15, -0.1) is 0 Å². The maximum Gasteiger partial charge on any atom is 0.248 e. The number of amides is 1. The van der Waals surface area contributed by atoms with Crippen molar-refractivity contribution in [3.8, 4) is 0 Å². The molecular formula is C16H17ClN2O2. The Balaban J connectivity index is 2.07. The normalized spacial score (nSPS) is 12.1. The Morgan fingerprint density at radius 1 is 1.24 bits per heavy atom. The molecule has 0 heterocycles. The van der Waals surface area contributed by atoms with Crippen LogP contribution >= 0.6 is 11.6 Å². The molecule has 110 valence electrons. The first-order chi connectivity index (χ1) is 10.1. The highest BCUT2D eigenvalue weighted by atomic mass is 35.5. The molecular weight excluding hydrogens is 288 g/mol. The summed E-state index contributed by atoms with van der Waals surface area (Å²) in [5.41, 5.74) is 7.43. The summed E-state index contributed by atoms with van der Waals surface area (Å²) in [6.45, 7) is 0.471. The topological polar surface area (TPSA) is 75.4 Å². The van der Waals surface area contributed by atoms with Crippen molar-refractivity contribution >= 4 is 17.5 Å². The molecule has 0 radical (unpaired) electrons. The van der Waals surface area contributed by atoms with Crippen molar-refractivity contribution in [1.29, 1.82) is 0 Å². The Labute approximate surface area is 128 Å². The minimum atomic E-state index is -0.506. The molecule has 1 amide bonds. The molecule has 21 heavy (non-hydrogen) atoms. The Hall–Kier alpha value is -1.88. The van der Waals surface area contributed by atoms with Crippen molar-refractivity contribution < 1.29 is 9.90 Å². The van der Waals surface area contributed by atoms with Crippen LogP contribution in [0.4, 0.5) is 0 Å². The number of hydrogen-bond acceptors (Lipinski definition) is 3. The SMILES string of the molecule is NC(=O)c1ccc(CNC(CO)c2ccccc2)c(Cl)c1. The highest BCUT2D eigenvalue weighted by molar-refractivity contribution is 6.31. The third kappa shape index (κ3) is 4.04. The molecule has 1 atom stereocenters. The molecule has 2 aromatic rings. The molecule has 2 aromatic carbocycles. The van der Waals surface area contributed by atoms with Gasteiger partial charge in [-0.05, 0) is 23.3 Å². The minimum absolute atomic E-state index is 0.0129. The number of nitrogens with one attached hydrogen (secondary N) is 1. The van der Waals surface area contributed by atoms with Gasteiger partial charge in [0.15, 0.2) is 0 Å². The number of primary amides is 1. The third-order valence-electron chi connectivity index (χ3n) is 3.26. The molecule has 5 heteroatoms. The van der Waals surface area contributed by atoms with E-state index < -0.39 is 5.91 Å². The van der Waals surface area contributed by atoms with E-state index in [1.807, 2.05) is 30.3 Å². The van der Waals surface area contributed by atoms with E-state index in [1.54, 1.807) is 18.2 Å². The van der Waals surface area contributed by atoms with E-state index in [2.05, 4.69) is 5.32 Å². The van der Waals surface area contributed by atoms with Crippen LogP contribution in [0.3, 0.4) is 0 Å². The molecule has 4 N–H and O–H groups in total. The van der Waals surface area contributed by atoms with Gasteiger partial charge in [-0.25, -0.2) is 0 Å². The van der Waals surface area contributed by atoms with Crippen molar-refractivity contribution in [2.75, 3.05) is 6.61 Å². The van der Waals surface area contributed by atoms with E-state index in [9.17, 15) is 9.90 Å². The van der Waals surface area contributed by atoms with E-state index in [1.165, 1.54) is 0 Å². The second kappa shape index (κ2) is 7.22. The van der Waals surface area contributed by atoms with Crippen LogP contribution in [0.25, 0.3) is 0 Å². The lowest BCUT2D eigenvalue weighted by Crippen LogP contribution is -2.24. The van der Waals surface area contributed by atoms with Crippen molar-refractivity contribution in [1.82, 2.24) is 5.32 Å². The number of nitrogens with two attached hydrogens (primary N) is 1. The zero-order valence-corrected chi connectivity index (χ0v) is 12.2. The average molecular weight is 305 g/mol. The molecule has 0 aromatic heterocycles. The summed E-state index contributed by atoms with van der Waals surface area (Å²) in [4.78, 5) is 11.1. The molecule has 4 nitrogen and oxygen atoms in total. The summed E-state index contributed by atoms with van der Waals surface area (Å²) in [5, 5.41) is 13.2. The van der Waals surface area contributed by atoms with E-state index in [-0.39, 0.29) is 12.6 Å². The first kappa shape index (κ1) is 15.5. The van der Waals surface area contributed by atoms with Gasteiger partial charge in [-0.2, -0.15) is 0 Å². The van der Waals surface area contributed by atoms with Gasteiger partial charge in [-0.3, -0.25) is 4.79 Å². The van der Waals surface area contributed by atoms with Gasteiger partial charge in [0.2, 0.25) is 5.91 Å². The van der Waals surface area contributed by atoms with Gasteiger partial charge in [0.1, 0.15) is 0 Å². The number of aliphatic hydroxyl groups is 1. The lowest BCUT2D eigenvalue weighted by molar-refractivity contribution is 0.100. The van der Waals surface area contributed by atoms with Crippen molar-refractivity contribution in [3.63, 3.8) is 0 Å². The summed E-state index contributed by atoms with van der Waals surface area (Å²) in [5.74, 6) is -0.506. The van der Waals surface area contributed by atoms with Gasteiger partial charge >= 0.3 is 0 Å². The zero-order chi connectivity index (χ0) is 15.2. The van der Waals surface area contributed by atoms with Crippen LogP contribution in [0, 0.1) is 0 Å². The fourth-order valence-electron chi connectivity index (χ4n) is 2.05. The lowest BCUT2D eigenvalue weighted by Gasteiger charge is -2.17. The van der Waals surface area contributed by atoms with Gasteiger partial charge < -0.3 is 16.2 Å². The van der Waals surface area contributed by atoms with Crippen LogP contribution in [0.5, 0.6) is 0 Å². The number of halogens is 1. The van der Waals surface area contributed by atoms with Crippen molar-refractivity contribution in [2.24, 2.45) is 5.73 Å². The third-order valence-corrected chi connectivity index (χ3v) is 3.61. The van der Waals surface area contributed by atoms with Gasteiger partial charge in [0.25, 0.3) is 0 Å². The first-order valence-electron chi connectivity index (χ1n) is 6.59. The molecule has 0 spiro atoms. The fourth-order valence-corrected chi connectivity index (χ4v) is 2.30. The largest absolute Gasteiger partial charge is 0.394 e. The second-order valence-corrected chi connectivity index (χ2v) is 5.10. The summed E-state index contributed by atoms with van der Waals surface area (Å²) < 4.78 is 0. The van der Waals surface area contributed by atoms with Crippen LogP contribution in [0.15, 0.2) is 48.5 Å². The Morgan fingerprint density at radius 2 is 1.95 bits per heavy atom. The van der Waals surface area contributed by atoms with Crippen molar-refractivity contribution in [3.05, 3.63) is 70.2 Å². The van der Waals surface area contributed by atoms with E-state index >= 15 is 0 Å². The Morgan fingerprint density at radius 3 is 2.52 bits per heavy atom. The summed E-state index contributed by atoms with van der Waals surface area (Å²) in [6.07, 6.45) is 0. The summed E-state index contributed by atoms with van der Waals surface area (Å²) >= 11 is 6.14. The highest BCUT2D eigenvalue weighted by Crippen LogP contribution is 2.19. The molecule has 0 saturated heterocycles. The maximum absolute atomic E-state index is 11.1. The number of hydrogen-bond donors (Lipinski definition) is 3. The van der Waals surface area contributed by atoms with E-state index in [0.29, 0.717) is 17.1 Å². The number of carbonyl (C=O) groups excluding carboxylic acids is 1. The molecule has 0 bridgehead atoms. The molecule has 1 unspecified atom stereocenters. The number of benzene rings is 2. The molecule has 0 aliphatic rings. The molecule has 2 rings (SSSR count). The minimum Gasteiger partial charge on any atom is -0.394 e. The maximum atomic E-state index is 11.1. The Kier molecular flexibility index (Phi) is 5.33. The number of carbonyl (C=O) groups is 1. The molecule has 0 saturated carbocycles. The van der Waals surface area contributed by atoms with Crippen LogP contribution in [0.2, 0.25) is 5.02 Å². The smallest absolute Gasteiger partial charge is 0.248 e. The van der Waals surface area contributed by atoms with E-state index in [4.69, 9.17) is 17.3 Å². The standard InChI is InChI=1S/C16H17ClN2O2/c17-14-8-12(16(18)21)6-7-13(14)9-19-15(10-20)11-4-2-1-3-5-11/h1-8,15,19-20H,9-10H2,(H2,18,21). The van der Waals surface area contributed by atoms with Gasteiger partial charge in [0, 0.05) is 17.1 Å². The Bertz CT molecular complexity index is 617. The van der Waals surface area contributed by atoms with Crippen LogP contribution in [-0.4, -0.2) is 17.6 Å². The second-order valence-electron chi connectivity index (χ2n) is 4.70. The van der Waals surface area contributed by atoms with Gasteiger partial charge in [0.05, 0.1) is 12.6 Å². The predicted molar refractivity (Wildman–Crippen MR) is 83.1 cm³/mol. The average Bonchev–Trinajstić information content (AvgIpc) is 2.50. The fraction of sp³-hybridized carbons (Fsp3) is 0.188. The zero-order valence-electron chi connectivity index (χ0n) is 11.4. The molecule has 0 fully saturated rings.